The molecule has 1 aromatic carbocycles. The van der Waals surface area contributed by atoms with Crippen molar-refractivity contribution in [1.82, 2.24) is 20.1 Å². The second kappa shape index (κ2) is 10.3. The number of benzene rings is 1. The molecule has 2 aromatic heterocycles. The first kappa shape index (κ1) is 24.6. The number of urea groups is 1. The number of amides is 2. The highest BCUT2D eigenvalue weighted by molar-refractivity contribution is 7.74. The maximum Gasteiger partial charge on any atom is 0.435 e. The summed E-state index contributed by atoms with van der Waals surface area (Å²) >= 11 is 3.22. The van der Waals surface area contributed by atoms with E-state index in [1.165, 1.54) is 37.4 Å². The SMILES string of the molecule is CC(OS(=O)[O-])c1ccc(NC(=O)NCc2cc(C(F)(F)F)nn2-c2cccc(Cl)c2)cn1. The van der Waals surface area contributed by atoms with Crippen molar-refractivity contribution in [2.45, 2.75) is 25.7 Å². The van der Waals surface area contributed by atoms with Crippen LogP contribution < -0.4 is 10.6 Å². The topological polar surface area (TPSA) is 121 Å². The van der Waals surface area contributed by atoms with Gasteiger partial charge in [-0.25, -0.2) is 13.7 Å². The molecule has 0 aliphatic carbocycles. The summed E-state index contributed by atoms with van der Waals surface area (Å²) in [6.45, 7) is 1.21. The Balaban J connectivity index is 1.69. The highest BCUT2D eigenvalue weighted by Gasteiger charge is 2.35. The molecule has 3 aromatic rings. The average Bonchev–Trinajstić information content (AvgIpc) is 3.17. The van der Waals surface area contributed by atoms with Gasteiger partial charge in [0.15, 0.2) is 5.69 Å². The van der Waals surface area contributed by atoms with Crippen LogP contribution >= 0.6 is 11.6 Å². The van der Waals surface area contributed by atoms with Crippen molar-refractivity contribution in [2.24, 2.45) is 0 Å². The van der Waals surface area contributed by atoms with E-state index in [4.69, 9.17) is 11.6 Å². The molecule has 2 atom stereocenters. The maximum absolute atomic E-state index is 13.2. The number of hydrogen-bond donors (Lipinski definition) is 2. The molecule has 33 heavy (non-hydrogen) atoms. The molecule has 2 amide bonds. The van der Waals surface area contributed by atoms with E-state index in [2.05, 4.69) is 24.9 Å². The van der Waals surface area contributed by atoms with Crippen LogP contribution in [-0.2, 0) is 28.3 Å². The van der Waals surface area contributed by atoms with E-state index in [1.807, 2.05) is 0 Å². The number of nitrogens with one attached hydrogen (secondary N) is 2. The van der Waals surface area contributed by atoms with Crippen molar-refractivity contribution in [2.75, 3.05) is 5.32 Å². The fraction of sp³-hybridized carbons (Fsp3) is 0.211. The third kappa shape index (κ3) is 6.74. The zero-order valence-electron chi connectivity index (χ0n) is 16.8. The summed E-state index contributed by atoms with van der Waals surface area (Å²) in [5, 5.41) is 8.84. The Morgan fingerprint density at radius 1 is 1.30 bits per heavy atom. The summed E-state index contributed by atoms with van der Waals surface area (Å²) in [7, 11) is 0. The fourth-order valence-electron chi connectivity index (χ4n) is 2.75. The molecular formula is C19H16ClF3N5O4S-. The molecule has 0 aliphatic heterocycles. The minimum Gasteiger partial charge on any atom is -0.750 e. The van der Waals surface area contributed by atoms with E-state index < -0.39 is 35.4 Å². The van der Waals surface area contributed by atoms with Gasteiger partial charge in [-0.2, -0.15) is 18.3 Å². The van der Waals surface area contributed by atoms with Crippen molar-refractivity contribution in [3.05, 3.63) is 70.8 Å². The van der Waals surface area contributed by atoms with Gasteiger partial charge in [0.25, 0.3) is 0 Å². The van der Waals surface area contributed by atoms with Gasteiger partial charge >= 0.3 is 12.2 Å². The summed E-state index contributed by atoms with van der Waals surface area (Å²) in [5.74, 6) is 0. The number of aromatic nitrogens is 3. The molecule has 0 bridgehead atoms. The van der Waals surface area contributed by atoms with Crippen LogP contribution in [0.4, 0.5) is 23.7 Å². The van der Waals surface area contributed by atoms with Gasteiger partial charge in [-0.05, 0) is 43.3 Å². The lowest BCUT2D eigenvalue weighted by molar-refractivity contribution is -0.141. The first-order valence-electron chi connectivity index (χ1n) is 9.22. The Hall–Kier alpha value is -3.00. The summed E-state index contributed by atoms with van der Waals surface area (Å²) < 4.78 is 66.3. The lowest BCUT2D eigenvalue weighted by Gasteiger charge is -2.14. The largest absolute Gasteiger partial charge is 0.750 e. The van der Waals surface area contributed by atoms with Gasteiger partial charge in [0.2, 0.25) is 0 Å². The Morgan fingerprint density at radius 2 is 2.06 bits per heavy atom. The number of nitrogens with zero attached hydrogens (tertiary/aromatic N) is 3. The van der Waals surface area contributed by atoms with Crippen LogP contribution in [0.3, 0.4) is 0 Å². The molecule has 2 N–H and O–H groups in total. The van der Waals surface area contributed by atoms with Gasteiger partial charge in [-0.3, -0.25) is 9.17 Å². The lowest BCUT2D eigenvalue weighted by Crippen LogP contribution is -2.29. The molecule has 0 aliphatic rings. The highest BCUT2D eigenvalue weighted by Crippen LogP contribution is 2.30. The minimum absolute atomic E-state index is 0.0739. The molecule has 0 fully saturated rings. The van der Waals surface area contributed by atoms with Crippen molar-refractivity contribution < 1.29 is 30.9 Å². The van der Waals surface area contributed by atoms with E-state index in [0.29, 0.717) is 16.4 Å². The molecule has 2 unspecified atom stereocenters. The molecule has 9 nitrogen and oxygen atoms in total. The van der Waals surface area contributed by atoms with E-state index in [0.717, 1.165) is 10.7 Å². The quantitative estimate of drug-likeness (QED) is 0.468. The third-order valence-corrected chi connectivity index (χ3v) is 4.92. The highest BCUT2D eigenvalue weighted by atomic mass is 35.5. The molecule has 3 rings (SSSR count). The monoisotopic (exact) mass is 502 g/mol. The standard InChI is InChI=1S/C19H17ClF3N5O4S/c1-11(32-33(30)31)16-6-5-13(9-24-16)26-18(29)25-10-15-8-17(19(21,22)23)27-28(15)14-4-2-3-12(20)7-14/h2-9,11H,10H2,1H3,(H,30,31)(H2,25,26,29)/p-1. The van der Waals surface area contributed by atoms with Gasteiger partial charge in [0, 0.05) is 5.02 Å². The van der Waals surface area contributed by atoms with E-state index in [-0.39, 0.29) is 17.9 Å². The first-order valence-corrected chi connectivity index (χ1v) is 10.6. The van der Waals surface area contributed by atoms with Crippen LogP contribution in [0.15, 0.2) is 48.7 Å². The van der Waals surface area contributed by atoms with Crippen molar-refractivity contribution >= 4 is 34.7 Å². The first-order chi connectivity index (χ1) is 15.5. The smallest absolute Gasteiger partial charge is 0.435 e. The van der Waals surface area contributed by atoms with Crippen molar-refractivity contribution in [3.63, 3.8) is 0 Å². The molecule has 176 valence electrons. The number of anilines is 1. The summed E-state index contributed by atoms with van der Waals surface area (Å²) in [6.07, 6.45) is -4.21. The molecule has 2 heterocycles. The van der Waals surface area contributed by atoms with Crippen molar-refractivity contribution in [1.29, 1.82) is 0 Å². The van der Waals surface area contributed by atoms with Crippen LogP contribution in [0.5, 0.6) is 0 Å². The normalized spacial score (nSPS) is 13.4. The summed E-state index contributed by atoms with van der Waals surface area (Å²) in [5.41, 5.74) is -0.161. The predicted octanol–water partition coefficient (Wildman–Crippen LogP) is 4.13. The third-order valence-electron chi connectivity index (χ3n) is 4.24. The van der Waals surface area contributed by atoms with E-state index in [9.17, 15) is 26.7 Å². The fourth-order valence-corrected chi connectivity index (χ4v) is 3.27. The number of alkyl halides is 3. The summed E-state index contributed by atoms with van der Waals surface area (Å²) in [6, 6.07) is 9.15. The Labute approximate surface area is 193 Å². The number of pyridine rings is 1. The summed E-state index contributed by atoms with van der Waals surface area (Å²) in [4.78, 5) is 16.2. The Bertz CT molecular complexity index is 1160. The van der Waals surface area contributed by atoms with E-state index in [1.54, 1.807) is 12.1 Å². The van der Waals surface area contributed by atoms with Gasteiger partial charge in [0.1, 0.15) is 6.10 Å². The maximum atomic E-state index is 13.2. The molecule has 0 saturated heterocycles. The second-order valence-corrected chi connectivity index (χ2v) is 7.67. The minimum atomic E-state index is -4.67. The van der Waals surface area contributed by atoms with Crippen LogP contribution in [0.2, 0.25) is 5.02 Å². The number of carbonyl (C=O) groups is 1. The van der Waals surface area contributed by atoms with Crippen LogP contribution in [0.1, 0.15) is 30.1 Å². The number of halogens is 4. The molecule has 0 radical (unpaired) electrons. The lowest BCUT2D eigenvalue weighted by atomic mass is 10.2. The number of carbonyl (C=O) groups excluding carboxylic acids is 1. The van der Waals surface area contributed by atoms with Crippen LogP contribution in [0, 0.1) is 0 Å². The zero-order chi connectivity index (χ0) is 24.2. The number of hydrogen-bond acceptors (Lipinski definition) is 6. The predicted molar refractivity (Wildman–Crippen MR) is 112 cm³/mol. The van der Waals surface area contributed by atoms with Crippen LogP contribution in [-0.4, -0.2) is 29.6 Å². The number of rotatable bonds is 7. The molecule has 0 spiro atoms. The Kier molecular flexibility index (Phi) is 7.68. The van der Waals surface area contributed by atoms with Gasteiger partial charge in [-0.15, -0.1) is 0 Å². The molecule has 14 heteroatoms. The molecular weight excluding hydrogens is 487 g/mol. The second-order valence-electron chi connectivity index (χ2n) is 6.63. The van der Waals surface area contributed by atoms with Crippen LogP contribution in [0.25, 0.3) is 5.69 Å². The Morgan fingerprint density at radius 3 is 2.67 bits per heavy atom. The average molecular weight is 503 g/mol. The van der Waals surface area contributed by atoms with Crippen molar-refractivity contribution in [3.8, 4) is 5.69 Å². The zero-order valence-corrected chi connectivity index (χ0v) is 18.4. The van der Waals surface area contributed by atoms with Gasteiger partial charge in [-0.1, -0.05) is 17.7 Å². The van der Waals surface area contributed by atoms with Gasteiger partial charge in [0.05, 0.1) is 46.9 Å². The molecule has 0 saturated carbocycles. The van der Waals surface area contributed by atoms with Gasteiger partial charge < -0.3 is 15.2 Å². The van der Waals surface area contributed by atoms with E-state index >= 15 is 0 Å².